The van der Waals surface area contributed by atoms with Gasteiger partial charge in [-0.2, -0.15) is 5.26 Å². The molecule has 6 nitrogen and oxygen atoms in total. The number of nitrogens with one attached hydrogen (secondary N) is 1. The second kappa shape index (κ2) is 8.12. The zero-order chi connectivity index (χ0) is 18.6. The van der Waals surface area contributed by atoms with E-state index in [1.807, 2.05) is 0 Å². The van der Waals surface area contributed by atoms with Gasteiger partial charge < -0.3 is 5.32 Å². The molecular weight excluding hydrogens is 433 g/mol. The summed E-state index contributed by atoms with van der Waals surface area (Å²) >= 11 is 15.2. The van der Waals surface area contributed by atoms with Gasteiger partial charge in [0, 0.05) is 16.6 Å². The van der Waals surface area contributed by atoms with E-state index in [1.165, 1.54) is 6.08 Å². The Hall–Kier alpha value is -2.40. The van der Waals surface area contributed by atoms with Crippen LogP contribution in [0.5, 0.6) is 0 Å². The largest absolute Gasteiger partial charge is 0.319 e. The van der Waals surface area contributed by atoms with Gasteiger partial charge in [-0.25, -0.2) is 0 Å². The fraction of sp³-hybridized carbons (Fsp3) is 0. The van der Waals surface area contributed by atoms with E-state index in [0.29, 0.717) is 5.56 Å². The lowest BCUT2D eigenvalue weighted by molar-refractivity contribution is -0.384. The van der Waals surface area contributed by atoms with Crippen LogP contribution in [-0.2, 0) is 4.79 Å². The molecule has 0 fully saturated rings. The average molecular weight is 441 g/mol. The molecule has 2 rings (SSSR count). The summed E-state index contributed by atoms with van der Waals surface area (Å²) in [7, 11) is 0. The van der Waals surface area contributed by atoms with Crippen molar-refractivity contribution >= 4 is 62.5 Å². The number of non-ortho nitro benzene ring substituents is 1. The van der Waals surface area contributed by atoms with Crippen LogP contribution in [-0.4, -0.2) is 10.8 Å². The topological polar surface area (TPSA) is 96.0 Å². The molecule has 0 heterocycles. The number of nitro groups is 1. The molecule has 0 spiro atoms. The number of nitrogens with zero attached hydrogens (tertiary/aromatic N) is 2. The van der Waals surface area contributed by atoms with E-state index in [0.717, 1.165) is 16.6 Å². The minimum absolute atomic E-state index is 0.00381. The van der Waals surface area contributed by atoms with Crippen LogP contribution in [0.2, 0.25) is 10.0 Å². The molecule has 2 aromatic carbocycles. The van der Waals surface area contributed by atoms with E-state index in [4.69, 9.17) is 23.2 Å². The molecule has 25 heavy (non-hydrogen) atoms. The summed E-state index contributed by atoms with van der Waals surface area (Å²) in [4.78, 5) is 22.4. The van der Waals surface area contributed by atoms with Crippen LogP contribution in [0.15, 0.2) is 46.4 Å². The molecule has 0 saturated heterocycles. The van der Waals surface area contributed by atoms with E-state index in [9.17, 15) is 20.2 Å². The number of benzene rings is 2. The Kier molecular flexibility index (Phi) is 6.15. The maximum atomic E-state index is 12.3. The third-order valence-corrected chi connectivity index (χ3v) is 4.15. The van der Waals surface area contributed by atoms with E-state index in [2.05, 4.69) is 21.2 Å². The Bertz CT molecular complexity index is 898. The zero-order valence-electron chi connectivity index (χ0n) is 12.3. The van der Waals surface area contributed by atoms with Crippen LogP contribution in [0, 0.1) is 21.4 Å². The number of amides is 1. The van der Waals surface area contributed by atoms with Crippen LogP contribution in [0.25, 0.3) is 6.08 Å². The third-order valence-electron chi connectivity index (χ3n) is 3.02. The first kappa shape index (κ1) is 18.9. The van der Waals surface area contributed by atoms with Crippen molar-refractivity contribution in [2.45, 2.75) is 0 Å². The first-order chi connectivity index (χ1) is 11.8. The van der Waals surface area contributed by atoms with E-state index >= 15 is 0 Å². The van der Waals surface area contributed by atoms with Crippen LogP contribution >= 0.6 is 39.1 Å². The summed E-state index contributed by atoms with van der Waals surface area (Å²) in [5.74, 6) is -0.733. The van der Waals surface area contributed by atoms with Crippen molar-refractivity contribution in [3.05, 3.63) is 72.2 Å². The predicted molar refractivity (Wildman–Crippen MR) is 99.5 cm³/mol. The van der Waals surface area contributed by atoms with Gasteiger partial charge in [0.1, 0.15) is 11.6 Å². The summed E-state index contributed by atoms with van der Waals surface area (Å²) in [6.07, 6.45) is 1.40. The summed E-state index contributed by atoms with van der Waals surface area (Å²) in [5.41, 5.74) is 0.165. The minimum Gasteiger partial charge on any atom is -0.319 e. The highest BCUT2D eigenvalue weighted by Gasteiger charge is 2.18. The molecule has 0 radical (unpaired) electrons. The molecule has 0 aliphatic heterocycles. The maximum Gasteiger partial charge on any atom is 0.272 e. The normalized spacial score (nSPS) is 10.9. The number of hydrogen-bond donors (Lipinski definition) is 1. The number of nitriles is 1. The Morgan fingerprint density at radius 1 is 1.24 bits per heavy atom. The maximum absolute atomic E-state index is 12.3. The van der Waals surface area contributed by atoms with Crippen molar-refractivity contribution in [3.8, 4) is 6.07 Å². The molecule has 0 aliphatic carbocycles. The number of halogens is 3. The molecule has 2 aromatic rings. The van der Waals surface area contributed by atoms with Gasteiger partial charge >= 0.3 is 0 Å². The smallest absolute Gasteiger partial charge is 0.272 e. The Morgan fingerprint density at radius 3 is 2.28 bits per heavy atom. The van der Waals surface area contributed by atoms with Crippen molar-refractivity contribution in [1.29, 1.82) is 5.26 Å². The fourth-order valence-electron chi connectivity index (χ4n) is 1.84. The van der Waals surface area contributed by atoms with Crippen LogP contribution in [0.3, 0.4) is 0 Å². The van der Waals surface area contributed by atoms with Gasteiger partial charge in [0.15, 0.2) is 0 Å². The van der Waals surface area contributed by atoms with Gasteiger partial charge in [-0.05, 0) is 23.8 Å². The summed E-state index contributed by atoms with van der Waals surface area (Å²) in [6, 6.07) is 10.9. The SMILES string of the molecule is N#C/C(=C\c1ccc(Br)cc1)C(=O)Nc1c(Cl)cc([N+](=O)[O-])cc1Cl. The first-order valence-corrected chi connectivity index (χ1v) is 8.19. The number of rotatable bonds is 4. The van der Waals surface area contributed by atoms with Crippen molar-refractivity contribution in [2.75, 3.05) is 5.32 Å². The van der Waals surface area contributed by atoms with Gasteiger partial charge in [-0.3, -0.25) is 14.9 Å². The van der Waals surface area contributed by atoms with Gasteiger partial charge in [0.2, 0.25) is 0 Å². The fourth-order valence-corrected chi connectivity index (χ4v) is 2.67. The second-order valence-electron chi connectivity index (χ2n) is 4.72. The van der Waals surface area contributed by atoms with Crippen LogP contribution in [0.4, 0.5) is 11.4 Å². The highest BCUT2D eigenvalue weighted by atomic mass is 79.9. The molecule has 0 saturated carbocycles. The van der Waals surface area contributed by atoms with Crippen molar-refractivity contribution in [2.24, 2.45) is 0 Å². The molecular formula is C16H8BrCl2N3O3. The summed E-state index contributed by atoms with van der Waals surface area (Å²) in [5, 5.41) is 22.2. The van der Waals surface area contributed by atoms with E-state index < -0.39 is 10.8 Å². The van der Waals surface area contributed by atoms with Gasteiger partial charge in [0.05, 0.1) is 20.7 Å². The number of nitro benzene ring substituents is 1. The summed E-state index contributed by atoms with van der Waals surface area (Å²) < 4.78 is 0.858. The minimum atomic E-state index is -0.733. The van der Waals surface area contributed by atoms with Crippen LogP contribution < -0.4 is 5.32 Å². The Morgan fingerprint density at radius 2 is 1.80 bits per heavy atom. The molecule has 0 aromatic heterocycles. The lowest BCUT2D eigenvalue weighted by Gasteiger charge is -2.09. The molecule has 0 bridgehead atoms. The number of hydrogen-bond acceptors (Lipinski definition) is 4. The Labute approximate surface area is 160 Å². The highest BCUT2D eigenvalue weighted by Crippen LogP contribution is 2.35. The first-order valence-electron chi connectivity index (χ1n) is 6.64. The quantitative estimate of drug-likeness (QED) is 0.305. The van der Waals surface area contributed by atoms with Crippen molar-refractivity contribution in [1.82, 2.24) is 0 Å². The van der Waals surface area contributed by atoms with Gasteiger partial charge in [-0.1, -0.05) is 51.3 Å². The molecule has 0 atom stereocenters. The van der Waals surface area contributed by atoms with E-state index in [-0.39, 0.29) is 27.0 Å². The monoisotopic (exact) mass is 439 g/mol. The molecule has 9 heteroatoms. The lowest BCUT2D eigenvalue weighted by Crippen LogP contribution is -2.14. The highest BCUT2D eigenvalue weighted by molar-refractivity contribution is 9.10. The number of carbonyl (C=O) groups excluding carboxylic acids is 1. The van der Waals surface area contributed by atoms with Gasteiger partial charge in [-0.15, -0.1) is 0 Å². The molecule has 0 aliphatic rings. The number of anilines is 1. The van der Waals surface area contributed by atoms with Crippen LogP contribution in [0.1, 0.15) is 5.56 Å². The van der Waals surface area contributed by atoms with Crippen molar-refractivity contribution in [3.63, 3.8) is 0 Å². The summed E-state index contributed by atoms with van der Waals surface area (Å²) in [6.45, 7) is 0. The Balaban J connectivity index is 2.30. The third kappa shape index (κ3) is 4.79. The zero-order valence-corrected chi connectivity index (χ0v) is 15.4. The molecule has 1 N–H and O–H groups in total. The van der Waals surface area contributed by atoms with Crippen molar-refractivity contribution < 1.29 is 9.72 Å². The molecule has 0 unspecified atom stereocenters. The molecule has 1 amide bonds. The lowest BCUT2D eigenvalue weighted by atomic mass is 10.1. The van der Waals surface area contributed by atoms with E-state index in [1.54, 1.807) is 30.3 Å². The standard InChI is InChI=1S/C16H8BrCl2N3O3/c17-11-3-1-9(2-4-11)5-10(8-20)16(23)21-15-13(18)6-12(22(24)25)7-14(15)19/h1-7H,(H,21,23)/b10-5+. The predicted octanol–water partition coefficient (Wildman–Crippen LogP) is 5.21. The second-order valence-corrected chi connectivity index (χ2v) is 6.45. The average Bonchev–Trinajstić information content (AvgIpc) is 2.57. The molecule has 126 valence electrons. The number of carbonyl (C=O) groups is 1. The van der Waals surface area contributed by atoms with Gasteiger partial charge in [0.25, 0.3) is 11.6 Å².